The zero-order valence-electron chi connectivity index (χ0n) is 18.7. The van der Waals surface area contributed by atoms with Crippen molar-refractivity contribution in [3.05, 3.63) is 64.2 Å². The number of likely N-dealkylation sites (tertiary alicyclic amines) is 1. The van der Waals surface area contributed by atoms with E-state index < -0.39 is 0 Å². The van der Waals surface area contributed by atoms with Crippen LogP contribution in [0.15, 0.2) is 36.4 Å². The molecule has 0 spiro atoms. The van der Waals surface area contributed by atoms with Crippen LogP contribution in [0.4, 0.5) is 10.5 Å². The first kappa shape index (κ1) is 22.5. The number of ketones is 1. The maximum Gasteiger partial charge on any atom is 0.321 e. The number of nitrogens with zero attached hydrogens (tertiary/aromatic N) is 1. The zero-order chi connectivity index (χ0) is 22.5. The van der Waals surface area contributed by atoms with Crippen LogP contribution in [0.3, 0.4) is 0 Å². The highest BCUT2D eigenvalue weighted by molar-refractivity contribution is 6.01. The van der Waals surface area contributed by atoms with Gasteiger partial charge in [0.05, 0.1) is 5.92 Å². The van der Waals surface area contributed by atoms with Crippen molar-refractivity contribution in [2.45, 2.75) is 40.5 Å². The van der Waals surface area contributed by atoms with Crippen LogP contribution in [-0.2, 0) is 9.53 Å². The van der Waals surface area contributed by atoms with Gasteiger partial charge in [-0.1, -0.05) is 24.3 Å². The van der Waals surface area contributed by atoms with Crippen molar-refractivity contribution in [3.8, 4) is 0 Å². The number of aryl methyl sites for hydroxylation is 2. The smallest absolute Gasteiger partial charge is 0.321 e. The highest BCUT2D eigenvalue weighted by Gasteiger charge is 2.29. The predicted molar refractivity (Wildman–Crippen MR) is 120 cm³/mol. The van der Waals surface area contributed by atoms with E-state index in [1.165, 1.54) is 0 Å². The largest absolute Gasteiger partial charge is 0.457 e. The summed E-state index contributed by atoms with van der Waals surface area (Å²) in [6.45, 7) is 8.55. The van der Waals surface area contributed by atoms with E-state index in [-0.39, 0.29) is 30.3 Å². The number of ether oxygens (including phenoxy) is 1. The third-order valence-corrected chi connectivity index (χ3v) is 6.12. The first-order valence-electron chi connectivity index (χ1n) is 10.7. The van der Waals surface area contributed by atoms with Crippen molar-refractivity contribution in [3.63, 3.8) is 0 Å². The van der Waals surface area contributed by atoms with Gasteiger partial charge in [0.15, 0.2) is 6.61 Å². The average Bonchev–Trinajstić information content (AvgIpc) is 2.76. The molecule has 1 saturated heterocycles. The van der Waals surface area contributed by atoms with E-state index in [4.69, 9.17) is 4.74 Å². The molecule has 3 rings (SSSR count). The van der Waals surface area contributed by atoms with Crippen molar-refractivity contribution < 1.29 is 19.1 Å². The number of Topliss-reactive ketones (excluding diaryl/α,β-unsaturated/α-hetero) is 1. The van der Waals surface area contributed by atoms with Gasteiger partial charge in [-0.2, -0.15) is 0 Å². The van der Waals surface area contributed by atoms with Crippen LogP contribution in [0.25, 0.3) is 0 Å². The lowest BCUT2D eigenvalue weighted by atomic mass is 9.92. The van der Waals surface area contributed by atoms with E-state index in [0.29, 0.717) is 31.5 Å². The molecule has 0 aliphatic carbocycles. The Morgan fingerprint density at radius 1 is 0.968 bits per heavy atom. The molecule has 6 heteroatoms. The third kappa shape index (κ3) is 5.32. The predicted octanol–water partition coefficient (Wildman–Crippen LogP) is 4.59. The lowest BCUT2D eigenvalue weighted by molar-refractivity contribution is -0.148. The average molecular weight is 423 g/mol. The fraction of sp³-hybridized carbons (Fsp3) is 0.400. The molecule has 0 radical (unpaired) electrons. The summed E-state index contributed by atoms with van der Waals surface area (Å²) in [5, 5.41) is 2.86. The van der Waals surface area contributed by atoms with Crippen LogP contribution in [0, 0.1) is 33.6 Å². The van der Waals surface area contributed by atoms with E-state index in [2.05, 4.69) is 5.32 Å². The van der Waals surface area contributed by atoms with Gasteiger partial charge in [-0.25, -0.2) is 4.79 Å². The molecular weight excluding hydrogens is 392 g/mol. The van der Waals surface area contributed by atoms with Gasteiger partial charge in [-0.3, -0.25) is 9.59 Å². The number of hydrogen-bond donors (Lipinski definition) is 1. The Morgan fingerprint density at radius 2 is 1.61 bits per heavy atom. The monoisotopic (exact) mass is 422 g/mol. The van der Waals surface area contributed by atoms with E-state index in [9.17, 15) is 14.4 Å². The number of carbonyl (C=O) groups is 3. The number of nitrogens with one attached hydrogen (secondary N) is 1. The highest BCUT2D eigenvalue weighted by atomic mass is 16.5. The second kappa shape index (κ2) is 9.77. The van der Waals surface area contributed by atoms with Crippen LogP contribution in [-0.4, -0.2) is 42.4 Å². The summed E-state index contributed by atoms with van der Waals surface area (Å²) in [5.74, 6) is -0.836. The fourth-order valence-corrected chi connectivity index (χ4v) is 4.08. The van der Waals surface area contributed by atoms with Crippen LogP contribution < -0.4 is 5.32 Å². The maximum absolute atomic E-state index is 12.7. The molecule has 1 heterocycles. The van der Waals surface area contributed by atoms with Gasteiger partial charge >= 0.3 is 12.0 Å². The van der Waals surface area contributed by atoms with E-state index in [1.807, 2.05) is 64.1 Å². The molecule has 0 unspecified atom stereocenters. The molecule has 1 aliphatic heterocycles. The summed E-state index contributed by atoms with van der Waals surface area (Å²) in [6.07, 6.45) is 1.05. The molecular formula is C25H30N2O4. The summed E-state index contributed by atoms with van der Waals surface area (Å²) in [6, 6.07) is 11.1. The standard InChI is InChI=1S/C25H30N2O4/c1-16-14-17(2)23(19(4)18(16)3)22(28)15-31-24(29)20-10-12-27(13-11-20)25(30)26-21-8-6-5-7-9-21/h5-9,14,20H,10-13,15H2,1-4H3,(H,26,30). The van der Waals surface area contributed by atoms with Gasteiger partial charge in [0, 0.05) is 24.3 Å². The fourth-order valence-electron chi connectivity index (χ4n) is 4.08. The highest BCUT2D eigenvalue weighted by Crippen LogP contribution is 2.23. The molecule has 1 N–H and O–H groups in total. The van der Waals surface area contributed by atoms with Crippen molar-refractivity contribution >= 4 is 23.5 Å². The molecule has 2 aromatic carbocycles. The second-order valence-electron chi connectivity index (χ2n) is 8.22. The number of amides is 2. The molecule has 2 aromatic rings. The second-order valence-corrected chi connectivity index (χ2v) is 8.22. The number of carbonyl (C=O) groups excluding carboxylic acids is 3. The first-order valence-corrected chi connectivity index (χ1v) is 10.7. The minimum atomic E-state index is -0.365. The number of para-hydroxylation sites is 1. The van der Waals surface area contributed by atoms with Crippen LogP contribution >= 0.6 is 0 Å². The SMILES string of the molecule is Cc1cc(C)c(C(=O)COC(=O)C2CCN(C(=O)Nc3ccccc3)CC2)c(C)c1C. The quantitative estimate of drug-likeness (QED) is 0.565. The number of urea groups is 1. The summed E-state index contributed by atoms with van der Waals surface area (Å²) in [4.78, 5) is 39.3. The number of rotatable bonds is 5. The van der Waals surface area contributed by atoms with Crippen molar-refractivity contribution in [2.24, 2.45) is 5.92 Å². The Kier molecular flexibility index (Phi) is 7.10. The molecule has 1 fully saturated rings. The molecule has 0 saturated carbocycles. The first-order chi connectivity index (χ1) is 14.8. The molecule has 1 aliphatic rings. The minimum absolute atomic E-state index is 0.172. The lowest BCUT2D eigenvalue weighted by Gasteiger charge is -2.31. The van der Waals surface area contributed by atoms with Crippen molar-refractivity contribution in [1.29, 1.82) is 0 Å². The van der Waals surface area contributed by atoms with E-state index in [0.717, 1.165) is 27.9 Å². The Hall–Kier alpha value is -3.15. The zero-order valence-corrected chi connectivity index (χ0v) is 18.7. The summed E-state index contributed by atoms with van der Waals surface area (Å²) in [5.41, 5.74) is 5.46. The Balaban J connectivity index is 1.50. The number of piperidine rings is 1. The molecule has 2 amide bonds. The Bertz CT molecular complexity index is 977. The summed E-state index contributed by atoms with van der Waals surface area (Å²) < 4.78 is 5.36. The topological polar surface area (TPSA) is 75.7 Å². The van der Waals surface area contributed by atoms with E-state index >= 15 is 0 Å². The molecule has 31 heavy (non-hydrogen) atoms. The van der Waals surface area contributed by atoms with Gasteiger partial charge in [-0.15, -0.1) is 0 Å². The lowest BCUT2D eigenvalue weighted by Crippen LogP contribution is -2.42. The summed E-state index contributed by atoms with van der Waals surface area (Å²) in [7, 11) is 0. The maximum atomic E-state index is 12.7. The molecule has 0 aromatic heterocycles. The van der Waals surface area contributed by atoms with Gasteiger partial charge in [0.25, 0.3) is 0 Å². The van der Waals surface area contributed by atoms with E-state index in [1.54, 1.807) is 4.90 Å². The molecule has 0 bridgehead atoms. The number of hydrogen-bond acceptors (Lipinski definition) is 4. The van der Waals surface area contributed by atoms with Gasteiger partial charge in [-0.05, 0) is 74.9 Å². The number of benzene rings is 2. The Morgan fingerprint density at radius 3 is 2.26 bits per heavy atom. The summed E-state index contributed by atoms with van der Waals surface area (Å²) >= 11 is 0. The molecule has 0 atom stereocenters. The number of esters is 1. The number of anilines is 1. The third-order valence-electron chi connectivity index (χ3n) is 6.12. The minimum Gasteiger partial charge on any atom is -0.457 e. The van der Waals surface area contributed by atoms with Gasteiger partial charge in [0.2, 0.25) is 5.78 Å². The van der Waals surface area contributed by atoms with Crippen molar-refractivity contribution in [1.82, 2.24) is 4.90 Å². The molecule has 164 valence electrons. The van der Waals surface area contributed by atoms with Gasteiger partial charge < -0.3 is 15.0 Å². The Labute approximate surface area is 183 Å². The van der Waals surface area contributed by atoms with Crippen LogP contribution in [0.2, 0.25) is 0 Å². The van der Waals surface area contributed by atoms with Crippen molar-refractivity contribution in [2.75, 3.05) is 25.0 Å². The van der Waals surface area contributed by atoms with Crippen LogP contribution in [0.1, 0.15) is 45.5 Å². The molecule has 6 nitrogen and oxygen atoms in total. The van der Waals surface area contributed by atoms with Crippen LogP contribution in [0.5, 0.6) is 0 Å². The van der Waals surface area contributed by atoms with Gasteiger partial charge in [0.1, 0.15) is 0 Å². The normalized spacial score (nSPS) is 14.3.